The number of halogens is 1. The average molecular weight is 417 g/mol. The Morgan fingerprint density at radius 2 is 1.83 bits per heavy atom. The first-order chi connectivity index (χ1) is 14.0. The summed E-state index contributed by atoms with van der Waals surface area (Å²) in [4.78, 5) is 16.2. The second kappa shape index (κ2) is 10.1. The minimum atomic E-state index is -0.563. The lowest BCUT2D eigenvalue weighted by Crippen LogP contribution is -2.49. The molecule has 3 rings (SSSR count). The molecule has 1 N–H and O–H groups in total. The average Bonchev–Trinajstić information content (AvgIpc) is 2.74. The molecule has 1 saturated heterocycles. The molecule has 1 aliphatic rings. The van der Waals surface area contributed by atoms with Gasteiger partial charge in [-0.2, -0.15) is 0 Å². The first-order valence-electron chi connectivity index (χ1n) is 10.1. The Labute approximate surface area is 177 Å². The van der Waals surface area contributed by atoms with Gasteiger partial charge in [0.1, 0.15) is 18.5 Å². The molecule has 0 spiro atoms. The van der Waals surface area contributed by atoms with Crippen LogP contribution in [0, 0.1) is 6.92 Å². The van der Waals surface area contributed by atoms with Crippen LogP contribution in [0.5, 0.6) is 5.75 Å². The summed E-state index contributed by atoms with van der Waals surface area (Å²) in [7, 11) is 0. The SMILES string of the molecule is CCC(=O)c1ccc(OC[C@@H](O)CN2CCN(c3ccc(C)c(Cl)c3)CC2)cc1. The van der Waals surface area contributed by atoms with E-state index in [2.05, 4.69) is 21.9 Å². The number of benzene rings is 2. The molecule has 1 atom stereocenters. The van der Waals surface area contributed by atoms with Crippen LogP contribution in [0.15, 0.2) is 42.5 Å². The second-order valence-electron chi connectivity index (χ2n) is 7.49. The van der Waals surface area contributed by atoms with Crippen molar-refractivity contribution in [2.75, 3.05) is 44.2 Å². The number of piperazine rings is 1. The Morgan fingerprint density at radius 3 is 2.45 bits per heavy atom. The second-order valence-corrected chi connectivity index (χ2v) is 7.89. The largest absolute Gasteiger partial charge is 0.491 e. The van der Waals surface area contributed by atoms with Gasteiger partial charge in [0.15, 0.2) is 5.78 Å². The predicted octanol–water partition coefficient (Wildman–Crippen LogP) is 3.80. The number of hydrogen-bond acceptors (Lipinski definition) is 5. The van der Waals surface area contributed by atoms with Crippen molar-refractivity contribution in [3.05, 3.63) is 58.6 Å². The molecule has 0 aromatic heterocycles. The standard InChI is InChI=1S/C23H29ClN2O3/c1-3-23(28)18-5-8-21(9-6-18)29-16-20(27)15-25-10-12-26(13-11-25)19-7-4-17(2)22(24)14-19/h4-9,14,20,27H,3,10-13,15-16H2,1-2H3/t20-/m0/s1. The molecule has 6 heteroatoms. The number of carbonyl (C=O) groups excluding carboxylic acids is 1. The van der Waals surface area contributed by atoms with Crippen LogP contribution in [0.1, 0.15) is 29.3 Å². The molecule has 2 aromatic rings. The number of Topliss-reactive ketones (excluding diaryl/α,β-unsaturated/α-hetero) is 1. The van der Waals surface area contributed by atoms with Gasteiger partial charge in [-0.15, -0.1) is 0 Å². The predicted molar refractivity (Wildman–Crippen MR) is 117 cm³/mol. The highest BCUT2D eigenvalue weighted by Crippen LogP contribution is 2.24. The first kappa shape index (κ1) is 21.6. The number of aliphatic hydroxyl groups excluding tert-OH is 1. The van der Waals surface area contributed by atoms with Gasteiger partial charge in [0.2, 0.25) is 0 Å². The number of hydrogen-bond donors (Lipinski definition) is 1. The van der Waals surface area contributed by atoms with E-state index < -0.39 is 6.10 Å². The fourth-order valence-corrected chi connectivity index (χ4v) is 3.63. The Hall–Kier alpha value is -2.08. The van der Waals surface area contributed by atoms with Gasteiger partial charge in [-0.1, -0.05) is 24.6 Å². The highest BCUT2D eigenvalue weighted by atomic mass is 35.5. The third-order valence-corrected chi connectivity index (χ3v) is 5.71. The molecule has 156 valence electrons. The van der Waals surface area contributed by atoms with Gasteiger partial charge in [-0.3, -0.25) is 9.69 Å². The fraction of sp³-hybridized carbons (Fsp3) is 0.435. The number of carbonyl (C=O) groups is 1. The van der Waals surface area contributed by atoms with E-state index in [0.717, 1.165) is 42.5 Å². The summed E-state index contributed by atoms with van der Waals surface area (Å²) in [6, 6.07) is 13.3. The van der Waals surface area contributed by atoms with Crippen LogP contribution in [0.25, 0.3) is 0 Å². The van der Waals surface area contributed by atoms with Gasteiger partial charge in [0.05, 0.1) is 0 Å². The number of aliphatic hydroxyl groups is 1. The normalized spacial score (nSPS) is 15.9. The van der Waals surface area contributed by atoms with Crippen molar-refractivity contribution in [3.63, 3.8) is 0 Å². The molecule has 1 heterocycles. The van der Waals surface area contributed by atoms with Crippen LogP contribution in [-0.2, 0) is 0 Å². The molecule has 0 amide bonds. The molecule has 29 heavy (non-hydrogen) atoms. The van der Waals surface area contributed by atoms with Crippen molar-refractivity contribution in [1.29, 1.82) is 0 Å². The molecule has 5 nitrogen and oxygen atoms in total. The van der Waals surface area contributed by atoms with E-state index in [0.29, 0.717) is 24.3 Å². The molecule has 0 aliphatic carbocycles. The van der Waals surface area contributed by atoms with Gasteiger partial charge in [-0.25, -0.2) is 0 Å². The molecule has 1 aliphatic heterocycles. The minimum absolute atomic E-state index is 0.114. The number of ketones is 1. The van der Waals surface area contributed by atoms with Gasteiger partial charge in [-0.05, 0) is 48.9 Å². The molecule has 1 fully saturated rings. The maximum atomic E-state index is 11.7. The first-order valence-corrected chi connectivity index (χ1v) is 10.5. The van der Waals surface area contributed by atoms with Crippen molar-refractivity contribution >= 4 is 23.1 Å². The van der Waals surface area contributed by atoms with E-state index in [-0.39, 0.29) is 12.4 Å². The Kier molecular flexibility index (Phi) is 7.53. The van der Waals surface area contributed by atoms with Gasteiger partial charge >= 0.3 is 0 Å². The van der Waals surface area contributed by atoms with Crippen molar-refractivity contribution in [2.45, 2.75) is 26.4 Å². The minimum Gasteiger partial charge on any atom is -0.491 e. The smallest absolute Gasteiger partial charge is 0.162 e. The van der Waals surface area contributed by atoms with Crippen molar-refractivity contribution in [2.24, 2.45) is 0 Å². The van der Waals surface area contributed by atoms with Gasteiger partial charge in [0.25, 0.3) is 0 Å². The highest BCUT2D eigenvalue weighted by Gasteiger charge is 2.20. The van der Waals surface area contributed by atoms with Crippen LogP contribution in [0.4, 0.5) is 5.69 Å². The van der Waals surface area contributed by atoms with Crippen molar-refractivity contribution < 1.29 is 14.6 Å². The van der Waals surface area contributed by atoms with Gasteiger partial charge in [0, 0.05) is 55.4 Å². The number of nitrogens with zero attached hydrogens (tertiary/aromatic N) is 2. The lowest BCUT2D eigenvalue weighted by molar-refractivity contribution is 0.0663. The maximum absolute atomic E-state index is 11.7. The van der Waals surface area contributed by atoms with Crippen molar-refractivity contribution in [3.8, 4) is 5.75 Å². The fourth-order valence-electron chi connectivity index (χ4n) is 3.45. The number of ether oxygens (including phenoxy) is 1. The summed E-state index contributed by atoms with van der Waals surface area (Å²) in [5.74, 6) is 0.779. The molecule has 0 unspecified atom stereocenters. The lowest BCUT2D eigenvalue weighted by atomic mass is 10.1. The Morgan fingerprint density at radius 1 is 1.14 bits per heavy atom. The maximum Gasteiger partial charge on any atom is 0.162 e. The third-order valence-electron chi connectivity index (χ3n) is 5.30. The Balaban J connectivity index is 1.42. The van der Waals surface area contributed by atoms with Crippen LogP contribution in [0.2, 0.25) is 5.02 Å². The van der Waals surface area contributed by atoms with E-state index in [1.54, 1.807) is 24.3 Å². The van der Waals surface area contributed by atoms with Crippen LogP contribution >= 0.6 is 11.6 Å². The van der Waals surface area contributed by atoms with Crippen molar-refractivity contribution in [1.82, 2.24) is 4.90 Å². The number of rotatable bonds is 8. The topological polar surface area (TPSA) is 53.0 Å². The monoisotopic (exact) mass is 416 g/mol. The zero-order valence-corrected chi connectivity index (χ0v) is 17.9. The van der Waals surface area contributed by atoms with E-state index in [4.69, 9.17) is 16.3 Å². The van der Waals surface area contributed by atoms with Crippen LogP contribution in [0.3, 0.4) is 0 Å². The summed E-state index contributed by atoms with van der Waals surface area (Å²) in [6.45, 7) is 8.24. The molecule has 0 bridgehead atoms. The molecule has 2 aromatic carbocycles. The molecule has 0 radical (unpaired) electrons. The Bertz CT molecular complexity index is 817. The number of aryl methyl sites for hydroxylation is 1. The van der Waals surface area contributed by atoms with Crippen LogP contribution < -0.4 is 9.64 Å². The van der Waals surface area contributed by atoms with E-state index in [9.17, 15) is 9.90 Å². The van der Waals surface area contributed by atoms with E-state index >= 15 is 0 Å². The third kappa shape index (κ3) is 5.95. The quantitative estimate of drug-likeness (QED) is 0.663. The van der Waals surface area contributed by atoms with E-state index in [1.165, 1.54) is 0 Å². The summed E-state index contributed by atoms with van der Waals surface area (Å²) in [6.07, 6.45) is -0.0734. The van der Waals surface area contributed by atoms with Crippen LogP contribution in [-0.4, -0.2) is 61.2 Å². The summed E-state index contributed by atoms with van der Waals surface area (Å²) < 4.78 is 5.68. The highest BCUT2D eigenvalue weighted by molar-refractivity contribution is 6.31. The number of anilines is 1. The van der Waals surface area contributed by atoms with Gasteiger partial charge < -0.3 is 14.7 Å². The summed E-state index contributed by atoms with van der Waals surface area (Å²) in [5.41, 5.74) is 2.92. The molecule has 0 saturated carbocycles. The lowest BCUT2D eigenvalue weighted by Gasteiger charge is -2.37. The molecular weight excluding hydrogens is 388 g/mol. The summed E-state index contributed by atoms with van der Waals surface area (Å²) >= 11 is 6.25. The zero-order chi connectivity index (χ0) is 20.8. The summed E-state index contributed by atoms with van der Waals surface area (Å²) in [5, 5.41) is 11.1. The van der Waals surface area contributed by atoms with E-state index in [1.807, 2.05) is 19.9 Å². The number of β-amino-alcohol motifs (C(OH)–C–C–N with tert-alkyl or cyclic N) is 1. The molecular formula is C23H29ClN2O3. The zero-order valence-electron chi connectivity index (χ0n) is 17.1.